The molecule has 12 heavy (non-hydrogen) atoms. The predicted molar refractivity (Wildman–Crippen MR) is 40.8 cm³/mol. The number of benzene rings is 1. The molecule has 0 unspecified atom stereocenters. The van der Waals surface area contributed by atoms with Gasteiger partial charge in [-0.25, -0.2) is 8.42 Å². The highest BCUT2D eigenvalue weighted by molar-refractivity contribution is 7.85. The Bertz CT molecular complexity index is 394. The van der Waals surface area contributed by atoms with E-state index in [0.29, 0.717) is 0 Å². The number of hydrogen-bond donors (Lipinski definition) is 1. The van der Waals surface area contributed by atoms with Gasteiger partial charge in [-0.05, 0) is 30.7 Å². The van der Waals surface area contributed by atoms with E-state index in [-0.39, 0.29) is 16.2 Å². The molecule has 0 bridgehead atoms. The molecule has 1 rings (SSSR count). The van der Waals surface area contributed by atoms with Crippen molar-refractivity contribution in [2.24, 2.45) is 0 Å². The van der Waals surface area contributed by atoms with Gasteiger partial charge in [0.1, 0.15) is 15.9 Å². The molecule has 0 aliphatic carbocycles. The van der Waals surface area contributed by atoms with E-state index in [4.69, 9.17) is 5.11 Å². The van der Waals surface area contributed by atoms with Gasteiger partial charge in [-0.15, -0.1) is 0 Å². The van der Waals surface area contributed by atoms with Crippen molar-refractivity contribution in [3.63, 3.8) is 0 Å². The van der Waals surface area contributed by atoms with Crippen molar-refractivity contribution in [3.05, 3.63) is 23.8 Å². The van der Waals surface area contributed by atoms with Crippen molar-refractivity contribution in [1.29, 1.82) is 0 Å². The molecule has 0 radical (unpaired) electrons. The Morgan fingerprint density at radius 1 is 1.42 bits per heavy atom. The van der Waals surface area contributed by atoms with Gasteiger partial charge in [0, 0.05) is 0 Å². The van der Waals surface area contributed by atoms with E-state index in [1.807, 2.05) is 0 Å². The second kappa shape index (κ2) is 2.76. The fraction of sp³-hybridized carbons (Fsp3) is 0.143. The fourth-order valence-corrected chi connectivity index (χ4v) is 1.60. The summed E-state index contributed by atoms with van der Waals surface area (Å²) in [6, 6.07) is 3.48. The molecule has 0 heterocycles. The van der Waals surface area contributed by atoms with E-state index in [1.165, 1.54) is 13.0 Å². The summed E-state index contributed by atoms with van der Waals surface area (Å²) in [6.07, 6.45) is 0. The monoisotopic (exact) mass is 187 g/mol. The number of phenols is 1. The summed E-state index contributed by atoms with van der Waals surface area (Å²) in [5, 5.41) is 8.91. The zero-order valence-electron chi connectivity index (χ0n) is 6.31. The van der Waals surface area contributed by atoms with Gasteiger partial charge in [0.05, 0.1) is 4.90 Å². The van der Waals surface area contributed by atoms with Crippen molar-refractivity contribution < 1.29 is 18.1 Å². The molecule has 1 N–H and O–H groups in total. The lowest BCUT2D eigenvalue weighted by Gasteiger charge is -2.09. The maximum atomic E-state index is 10.5. The minimum atomic E-state index is -4.41. The zero-order chi connectivity index (χ0) is 9.35. The minimum absolute atomic E-state index is 0.0556. The molecule has 0 saturated carbocycles. The first-order chi connectivity index (χ1) is 5.41. The van der Waals surface area contributed by atoms with Crippen LogP contribution in [0.3, 0.4) is 0 Å². The number of aryl methyl sites for hydroxylation is 1. The summed E-state index contributed by atoms with van der Waals surface area (Å²) in [7, 11) is -4.41. The fourth-order valence-electron chi connectivity index (χ4n) is 0.914. The van der Waals surface area contributed by atoms with E-state index < -0.39 is 10.1 Å². The number of hydrogen-bond acceptors (Lipinski definition) is 4. The lowest BCUT2D eigenvalue weighted by Crippen LogP contribution is -2.00. The van der Waals surface area contributed by atoms with Gasteiger partial charge in [0.25, 0.3) is 0 Å². The van der Waals surface area contributed by atoms with Crippen molar-refractivity contribution >= 4 is 10.1 Å². The van der Waals surface area contributed by atoms with Gasteiger partial charge in [0.2, 0.25) is 0 Å². The van der Waals surface area contributed by atoms with Crippen molar-refractivity contribution in [3.8, 4) is 5.75 Å². The average molecular weight is 187 g/mol. The molecule has 0 spiro atoms. The molecule has 0 aromatic heterocycles. The van der Waals surface area contributed by atoms with Crippen LogP contribution in [0.2, 0.25) is 0 Å². The molecule has 4 nitrogen and oxygen atoms in total. The molecule has 0 fully saturated rings. The molecular weight excluding hydrogens is 180 g/mol. The largest absolute Gasteiger partial charge is 0.744 e. The number of aromatic hydroxyl groups is 1. The van der Waals surface area contributed by atoms with Crippen molar-refractivity contribution in [2.75, 3.05) is 0 Å². The normalized spacial score (nSPS) is 11.5. The van der Waals surface area contributed by atoms with Gasteiger partial charge in [-0.3, -0.25) is 0 Å². The Morgan fingerprint density at radius 3 is 2.42 bits per heavy atom. The summed E-state index contributed by atoms with van der Waals surface area (Å²) < 4.78 is 31.6. The highest BCUT2D eigenvalue weighted by Crippen LogP contribution is 2.19. The topological polar surface area (TPSA) is 77.4 Å². The summed E-state index contributed by atoms with van der Waals surface area (Å²) in [5.74, 6) is -0.0556. The first-order valence-electron chi connectivity index (χ1n) is 3.17. The summed E-state index contributed by atoms with van der Waals surface area (Å²) in [5.41, 5.74) is 0.255. The lowest BCUT2D eigenvalue weighted by molar-refractivity contribution is 0.460. The third kappa shape index (κ3) is 1.75. The van der Waals surface area contributed by atoms with E-state index in [0.717, 1.165) is 12.1 Å². The second-order valence-corrected chi connectivity index (χ2v) is 3.75. The van der Waals surface area contributed by atoms with E-state index in [2.05, 4.69) is 0 Å². The van der Waals surface area contributed by atoms with Crippen LogP contribution in [0.15, 0.2) is 23.1 Å². The zero-order valence-corrected chi connectivity index (χ0v) is 7.13. The van der Waals surface area contributed by atoms with Crippen LogP contribution in [-0.2, 0) is 10.1 Å². The van der Waals surface area contributed by atoms with E-state index in [1.54, 1.807) is 0 Å². The van der Waals surface area contributed by atoms with Crippen LogP contribution < -0.4 is 0 Å². The standard InChI is InChI=1S/C7H8O4S/c1-5-4-6(8)2-3-7(5)12(9,10)11/h2-4,8H,1H3,(H,9,10,11)/p-1. The molecule has 0 aliphatic heterocycles. The molecule has 66 valence electrons. The van der Waals surface area contributed by atoms with E-state index in [9.17, 15) is 13.0 Å². The third-order valence-electron chi connectivity index (χ3n) is 1.43. The smallest absolute Gasteiger partial charge is 0.124 e. The van der Waals surface area contributed by atoms with Gasteiger partial charge in [0.15, 0.2) is 0 Å². The van der Waals surface area contributed by atoms with Crippen LogP contribution in [0.4, 0.5) is 0 Å². The quantitative estimate of drug-likeness (QED) is 0.653. The van der Waals surface area contributed by atoms with Gasteiger partial charge < -0.3 is 9.66 Å². The Morgan fingerprint density at radius 2 is 2.00 bits per heavy atom. The molecule has 0 amide bonds. The minimum Gasteiger partial charge on any atom is -0.744 e. The Balaban J connectivity index is 3.39. The van der Waals surface area contributed by atoms with Gasteiger partial charge >= 0.3 is 0 Å². The number of phenolic OH excluding ortho intramolecular Hbond substituents is 1. The predicted octanol–water partition coefficient (Wildman–Crippen LogP) is 0.605. The molecule has 1 aromatic rings. The first-order valence-corrected chi connectivity index (χ1v) is 4.57. The second-order valence-electron chi connectivity index (χ2n) is 2.40. The highest BCUT2D eigenvalue weighted by atomic mass is 32.2. The Kier molecular flexibility index (Phi) is 2.08. The highest BCUT2D eigenvalue weighted by Gasteiger charge is 2.04. The molecule has 1 aromatic carbocycles. The van der Waals surface area contributed by atoms with Crippen LogP contribution in [0.5, 0.6) is 5.75 Å². The van der Waals surface area contributed by atoms with Crippen LogP contribution in [0.1, 0.15) is 5.56 Å². The van der Waals surface area contributed by atoms with Crippen LogP contribution >= 0.6 is 0 Å². The number of rotatable bonds is 1. The molecular formula is C7H7O4S-. The first kappa shape index (κ1) is 9.02. The van der Waals surface area contributed by atoms with E-state index >= 15 is 0 Å². The van der Waals surface area contributed by atoms with Gasteiger partial charge in [-0.2, -0.15) is 0 Å². The molecule has 5 heteroatoms. The lowest BCUT2D eigenvalue weighted by atomic mass is 10.2. The Labute approximate surface area is 70.2 Å². The maximum Gasteiger partial charge on any atom is 0.124 e. The molecule has 0 aliphatic rings. The summed E-state index contributed by atoms with van der Waals surface area (Å²) in [6.45, 7) is 1.45. The van der Waals surface area contributed by atoms with Crippen LogP contribution in [0, 0.1) is 6.92 Å². The summed E-state index contributed by atoms with van der Waals surface area (Å²) in [4.78, 5) is -0.291. The molecule has 0 saturated heterocycles. The molecule has 0 atom stereocenters. The SMILES string of the molecule is Cc1cc(O)ccc1S(=O)(=O)[O-]. The summed E-state index contributed by atoms with van der Waals surface area (Å²) >= 11 is 0. The van der Waals surface area contributed by atoms with Gasteiger partial charge in [-0.1, -0.05) is 0 Å². The van der Waals surface area contributed by atoms with Crippen molar-refractivity contribution in [1.82, 2.24) is 0 Å². The Hall–Kier alpha value is -1.07. The average Bonchev–Trinajstić information content (AvgIpc) is 1.83. The maximum absolute atomic E-state index is 10.5. The third-order valence-corrected chi connectivity index (χ3v) is 2.42. The van der Waals surface area contributed by atoms with Crippen LogP contribution in [-0.4, -0.2) is 18.1 Å². The van der Waals surface area contributed by atoms with Crippen LogP contribution in [0.25, 0.3) is 0 Å². The van der Waals surface area contributed by atoms with Crippen molar-refractivity contribution in [2.45, 2.75) is 11.8 Å².